The largest absolute Gasteiger partial charge is 0.465 e. The van der Waals surface area contributed by atoms with E-state index in [-0.39, 0.29) is 27.4 Å². The van der Waals surface area contributed by atoms with Crippen LogP contribution in [-0.2, 0) is 0 Å². The molecular formula is C17H18Cl2FN5O2. The lowest BCUT2D eigenvalue weighted by molar-refractivity contribution is 0.0363. The van der Waals surface area contributed by atoms with E-state index in [4.69, 9.17) is 23.2 Å². The molecule has 2 aliphatic heterocycles. The van der Waals surface area contributed by atoms with Gasteiger partial charge in [-0.25, -0.2) is 19.2 Å². The van der Waals surface area contributed by atoms with Gasteiger partial charge in [-0.1, -0.05) is 32.4 Å². The Morgan fingerprint density at radius 2 is 2.07 bits per heavy atom. The van der Waals surface area contributed by atoms with Crippen LogP contribution in [0.1, 0.15) is 27.2 Å². The van der Waals surface area contributed by atoms with E-state index in [0.717, 1.165) is 0 Å². The first-order valence-electron chi connectivity index (χ1n) is 8.49. The third-order valence-electron chi connectivity index (χ3n) is 5.85. The molecule has 2 bridgehead atoms. The summed E-state index contributed by atoms with van der Waals surface area (Å²) in [5.74, 6) is -0.295. The number of anilines is 1. The number of hydrogen-bond donors (Lipinski definition) is 1. The van der Waals surface area contributed by atoms with Gasteiger partial charge in [0.2, 0.25) is 5.28 Å². The second kappa shape index (κ2) is 5.78. The van der Waals surface area contributed by atoms with Crippen LogP contribution in [0.4, 0.5) is 15.0 Å². The lowest BCUT2D eigenvalue weighted by Crippen LogP contribution is -2.61. The average molecular weight is 414 g/mol. The Bertz CT molecular complexity index is 966. The lowest BCUT2D eigenvalue weighted by Gasteiger charge is -2.48. The minimum atomic E-state index is -0.933. The predicted octanol–water partition coefficient (Wildman–Crippen LogP) is 3.83. The smallest absolute Gasteiger partial charge is 0.407 e. The van der Waals surface area contributed by atoms with Gasteiger partial charge in [-0.15, -0.1) is 0 Å². The zero-order chi connectivity index (χ0) is 19.7. The van der Waals surface area contributed by atoms with Crippen molar-refractivity contribution >= 4 is 46.0 Å². The molecule has 27 heavy (non-hydrogen) atoms. The second-order valence-corrected chi connectivity index (χ2v) is 8.80. The molecule has 0 saturated carbocycles. The number of rotatable bonds is 1. The summed E-state index contributed by atoms with van der Waals surface area (Å²) in [5, 5.41) is 9.71. The first-order valence-corrected chi connectivity index (χ1v) is 9.25. The summed E-state index contributed by atoms with van der Waals surface area (Å²) < 4.78 is 14.4. The van der Waals surface area contributed by atoms with E-state index >= 15 is 0 Å². The Morgan fingerprint density at radius 3 is 2.70 bits per heavy atom. The molecule has 4 rings (SSSR count). The molecule has 0 radical (unpaired) electrons. The molecule has 4 heterocycles. The van der Waals surface area contributed by atoms with E-state index in [9.17, 15) is 14.3 Å². The maximum atomic E-state index is 14.4. The molecule has 10 heteroatoms. The van der Waals surface area contributed by atoms with Crippen molar-refractivity contribution in [3.05, 3.63) is 22.5 Å². The molecule has 144 valence electrons. The van der Waals surface area contributed by atoms with Gasteiger partial charge >= 0.3 is 6.09 Å². The van der Waals surface area contributed by atoms with E-state index in [1.807, 2.05) is 25.7 Å². The monoisotopic (exact) mass is 413 g/mol. The molecule has 0 unspecified atom stereocenters. The minimum Gasteiger partial charge on any atom is -0.465 e. The third-order valence-corrected chi connectivity index (χ3v) is 6.28. The molecule has 0 aromatic carbocycles. The number of amides is 1. The maximum Gasteiger partial charge on any atom is 0.407 e. The second-order valence-electron chi connectivity index (χ2n) is 8.10. The summed E-state index contributed by atoms with van der Waals surface area (Å²) in [7, 11) is 0. The third kappa shape index (κ3) is 2.53. The van der Waals surface area contributed by atoms with Gasteiger partial charge in [0.05, 0.1) is 17.0 Å². The zero-order valence-electron chi connectivity index (χ0n) is 15.0. The van der Waals surface area contributed by atoms with Crippen LogP contribution in [0.15, 0.2) is 6.20 Å². The summed E-state index contributed by atoms with van der Waals surface area (Å²) in [5.41, 5.74) is -0.868. The Morgan fingerprint density at radius 1 is 1.37 bits per heavy atom. The van der Waals surface area contributed by atoms with Crippen LogP contribution in [0.2, 0.25) is 10.4 Å². The predicted molar refractivity (Wildman–Crippen MR) is 100.0 cm³/mol. The van der Waals surface area contributed by atoms with Crippen molar-refractivity contribution in [2.24, 2.45) is 5.41 Å². The highest BCUT2D eigenvalue weighted by molar-refractivity contribution is 6.30. The fourth-order valence-electron chi connectivity index (χ4n) is 4.39. The number of pyridine rings is 1. The first-order chi connectivity index (χ1) is 12.5. The van der Waals surface area contributed by atoms with Crippen molar-refractivity contribution in [1.29, 1.82) is 0 Å². The highest BCUT2D eigenvalue weighted by Crippen LogP contribution is 2.51. The molecule has 0 aliphatic carbocycles. The minimum absolute atomic E-state index is 0.00710. The van der Waals surface area contributed by atoms with Crippen molar-refractivity contribution in [3.63, 3.8) is 0 Å². The molecule has 1 N–H and O–H groups in total. The van der Waals surface area contributed by atoms with Crippen molar-refractivity contribution in [2.45, 2.75) is 38.8 Å². The van der Waals surface area contributed by atoms with Crippen LogP contribution in [-0.4, -0.2) is 55.7 Å². The molecule has 2 aromatic heterocycles. The van der Waals surface area contributed by atoms with E-state index in [1.165, 1.54) is 11.1 Å². The number of carboxylic acid groups (broad SMARTS) is 1. The number of aromatic nitrogens is 3. The van der Waals surface area contributed by atoms with Gasteiger partial charge in [-0.05, 0) is 23.4 Å². The van der Waals surface area contributed by atoms with Gasteiger partial charge in [0.25, 0.3) is 0 Å². The summed E-state index contributed by atoms with van der Waals surface area (Å²) >= 11 is 11.8. The summed E-state index contributed by atoms with van der Waals surface area (Å²) in [6, 6.07) is -0.0896. The number of nitrogens with zero attached hydrogens (tertiary/aromatic N) is 5. The maximum absolute atomic E-state index is 14.4. The number of likely N-dealkylation sites (tertiary alicyclic amines) is 1. The molecule has 1 amide bonds. The Balaban J connectivity index is 1.86. The van der Waals surface area contributed by atoms with E-state index in [0.29, 0.717) is 30.7 Å². The SMILES string of the molecule is CC(C)(C)[C@]12C[C@@H](CN1C(=O)O)N(c1nc(Cl)nc3c(F)c(Cl)ncc13)C2. The van der Waals surface area contributed by atoms with E-state index < -0.39 is 17.4 Å². The van der Waals surface area contributed by atoms with Gasteiger partial charge in [0, 0.05) is 19.3 Å². The Kier molecular flexibility index (Phi) is 3.95. The molecule has 2 saturated heterocycles. The van der Waals surface area contributed by atoms with Gasteiger partial charge in [0.15, 0.2) is 11.0 Å². The number of carbonyl (C=O) groups is 1. The van der Waals surface area contributed by atoms with Crippen molar-refractivity contribution in [3.8, 4) is 0 Å². The van der Waals surface area contributed by atoms with Crippen molar-refractivity contribution < 1.29 is 14.3 Å². The molecular weight excluding hydrogens is 396 g/mol. The molecule has 2 atom stereocenters. The standard InChI is InChI=1S/C17H18Cl2FN5O2/c1-16(2,3)17-4-8(6-25(17)15(26)27)24(7-17)13-9-5-21-12(18)10(20)11(9)22-14(19)23-13/h5,8H,4,6-7H2,1-3H3,(H,26,27)/t8-,17+/m0/s1. The zero-order valence-corrected chi connectivity index (χ0v) is 16.5. The van der Waals surface area contributed by atoms with Gasteiger partial charge < -0.3 is 10.0 Å². The van der Waals surface area contributed by atoms with Crippen molar-refractivity contribution in [1.82, 2.24) is 19.9 Å². The molecule has 2 aliphatic rings. The topological polar surface area (TPSA) is 82.5 Å². The van der Waals surface area contributed by atoms with Gasteiger partial charge in [-0.2, -0.15) is 4.98 Å². The number of piperazine rings is 1. The number of fused-ring (bicyclic) bond motifs is 3. The highest BCUT2D eigenvalue weighted by Gasteiger charge is 2.62. The van der Waals surface area contributed by atoms with Crippen LogP contribution < -0.4 is 4.90 Å². The van der Waals surface area contributed by atoms with Crippen LogP contribution >= 0.6 is 23.2 Å². The summed E-state index contributed by atoms with van der Waals surface area (Å²) in [6.07, 6.45) is 1.16. The number of hydrogen-bond acceptors (Lipinski definition) is 5. The molecule has 7 nitrogen and oxygen atoms in total. The lowest BCUT2D eigenvalue weighted by atomic mass is 9.73. The quantitative estimate of drug-likeness (QED) is 0.564. The highest BCUT2D eigenvalue weighted by atomic mass is 35.5. The van der Waals surface area contributed by atoms with Gasteiger partial charge in [0.1, 0.15) is 11.3 Å². The van der Waals surface area contributed by atoms with E-state index in [2.05, 4.69) is 15.0 Å². The van der Waals surface area contributed by atoms with Crippen LogP contribution in [0.5, 0.6) is 0 Å². The molecule has 2 fully saturated rings. The normalized spacial score (nSPS) is 24.9. The molecule has 0 spiro atoms. The fourth-order valence-corrected chi connectivity index (χ4v) is 4.69. The number of halogens is 3. The Labute approximate surface area is 165 Å². The van der Waals surface area contributed by atoms with Gasteiger partial charge in [-0.3, -0.25) is 4.90 Å². The Hall–Kier alpha value is -1.93. The molecule has 2 aromatic rings. The van der Waals surface area contributed by atoms with Crippen LogP contribution in [0.3, 0.4) is 0 Å². The summed E-state index contributed by atoms with van der Waals surface area (Å²) in [4.78, 5) is 27.5. The van der Waals surface area contributed by atoms with E-state index in [1.54, 1.807) is 0 Å². The van der Waals surface area contributed by atoms with Crippen LogP contribution in [0, 0.1) is 11.2 Å². The fraction of sp³-hybridized carbons (Fsp3) is 0.529. The van der Waals surface area contributed by atoms with Crippen molar-refractivity contribution in [2.75, 3.05) is 18.0 Å². The average Bonchev–Trinajstić information content (AvgIpc) is 3.15. The summed E-state index contributed by atoms with van der Waals surface area (Å²) in [6.45, 7) is 6.86. The first kappa shape index (κ1) is 18.4. The van der Waals surface area contributed by atoms with Crippen LogP contribution in [0.25, 0.3) is 10.9 Å².